The van der Waals surface area contributed by atoms with Gasteiger partial charge in [0.05, 0.1) is 9.95 Å². The minimum Gasteiger partial charge on any atom is -0.456 e. The van der Waals surface area contributed by atoms with Gasteiger partial charge in [-0.05, 0) is 12.1 Å². The van der Waals surface area contributed by atoms with E-state index in [0.717, 1.165) is 0 Å². The first-order valence-corrected chi connectivity index (χ1v) is 5.70. The van der Waals surface area contributed by atoms with E-state index in [2.05, 4.69) is 0 Å². The molecule has 0 radical (unpaired) electrons. The van der Waals surface area contributed by atoms with Crippen molar-refractivity contribution in [3.63, 3.8) is 0 Å². The fraction of sp³-hybridized carbons (Fsp3) is 0. The molecular formula is C12H7Cl2NO3. The summed E-state index contributed by atoms with van der Waals surface area (Å²) in [5.41, 5.74) is -0.248. The largest absolute Gasteiger partial charge is 0.456 e. The lowest BCUT2D eigenvalue weighted by molar-refractivity contribution is -0.384. The SMILES string of the molecule is O=[N+]([O-])c1cc(Cl)c(Oc2ccccc2)cc1Cl. The Kier molecular flexibility index (Phi) is 3.69. The van der Waals surface area contributed by atoms with Gasteiger partial charge in [0.25, 0.3) is 5.69 Å². The summed E-state index contributed by atoms with van der Waals surface area (Å²) in [6.07, 6.45) is 0. The maximum Gasteiger partial charge on any atom is 0.289 e. The fourth-order valence-corrected chi connectivity index (χ4v) is 1.77. The molecule has 0 heterocycles. The van der Waals surface area contributed by atoms with E-state index >= 15 is 0 Å². The van der Waals surface area contributed by atoms with E-state index in [1.807, 2.05) is 6.07 Å². The molecule has 0 N–H and O–H groups in total. The molecule has 0 aliphatic carbocycles. The Hall–Kier alpha value is -1.78. The first-order chi connectivity index (χ1) is 8.58. The molecule has 4 nitrogen and oxygen atoms in total. The van der Waals surface area contributed by atoms with Crippen LogP contribution in [0.25, 0.3) is 0 Å². The summed E-state index contributed by atoms with van der Waals surface area (Å²) in [7, 11) is 0. The average Bonchev–Trinajstić information content (AvgIpc) is 2.34. The van der Waals surface area contributed by atoms with Gasteiger partial charge in [0.1, 0.15) is 16.5 Å². The Morgan fingerprint density at radius 3 is 2.33 bits per heavy atom. The van der Waals surface area contributed by atoms with Gasteiger partial charge in [-0.15, -0.1) is 0 Å². The molecule has 0 saturated heterocycles. The summed E-state index contributed by atoms with van der Waals surface area (Å²) in [6, 6.07) is 11.4. The summed E-state index contributed by atoms with van der Waals surface area (Å²) in [5, 5.41) is 10.8. The molecular weight excluding hydrogens is 277 g/mol. The predicted octanol–water partition coefficient (Wildman–Crippen LogP) is 4.69. The molecule has 0 aliphatic rings. The number of hydrogen-bond donors (Lipinski definition) is 0. The van der Waals surface area contributed by atoms with Crippen LogP contribution >= 0.6 is 23.2 Å². The van der Waals surface area contributed by atoms with Crippen molar-refractivity contribution in [3.05, 3.63) is 62.6 Å². The first kappa shape index (κ1) is 12.7. The van der Waals surface area contributed by atoms with Gasteiger partial charge in [-0.1, -0.05) is 41.4 Å². The lowest BCUT2D eigenvalue weighted by Gasteiger charge is -2.07. The molecule has 0 unspecified atom stereocenters. The highest BCUT2D eigenvalue weighted by molar-refractivity contribution is 6.35. The smallest absolute Gasteiger partial charge is 0.289 e. The summed E-state index contributed by atoms with van der Waals surface area (Å²) in [5.74, 6) is 0.850. The lowest BCUT2D eigenvalue weighted by atomic mass is 10.3. The van der Waals surface area contributed by atoms with Crippen LogP contribution in [0.5, 0.6) is 11.5 Å². The molecule has 0 fully saturated rings. The molecule has 0 saturated carbocycles. The number of halogens is 2. The highest BCUT2D eigenvalue weighted by Crippen LogP contribution is 2.37. The molecule has 0 aromatic heterocycles. The van der Waals surface area contributed by atoms with Gasteiger partial charge >= 0.3 is 0 Å². The van der Waals surface area contributed by atoms with E-state index in [4.69, 9.17) is 27.9 Å². The number of ether oxygens (including phenoxy) is 1. The molecule has 0 aliphatic heterocycles. The van der Waals surface area contributed by atoms with Crippen molar-refractivity contribution in [1.82, 2.24) is 0 Å². The van der Waals surface area contributed by atoms with Gasteiger partial charge in [0.15, 0.2) is 0 Å². The molecule has 0 amide bonds. The molecule has 0 bridgehead atoms. The second-order valence-corrected chi connectivity index (χ2v) is 4.22. The fourth-order valence-electron chi connectivity index (χ4n) is 1.35. The molecule has 6 heteroatoms. The van der Waals surface area contributed by atoms with Crippen molar-refractivity contribution in [2.24, 2.45) is 0 Å². The number of nitro groups is 1. The predicted molar refractivity (Wildman–Crippen MR) is 69.6 cm³/mol. The zero-order valence-corrected chi connectivity index (χ0v) is 10.5. The van der Waals surface area contributed by atoms with Crippen LogP contribution in [0, 0.1) is 10.1 Å². The number of nitrogens with zero attached hydrogens (tertiary/aromatic N) is 1. The molecule has 0 atom stereocenters. The summed E-state index contributed by atoms with van der Waals surface area (Å²) in [4.78, 5) is 10.1. The molecule has 2 rings (SSSR count). The van der Waals surface area contributed by atoms with Gasteiger partial charge in [-0.3, -0.25) is 10.1 Å². The van der Waals surface area contributed by atoms with Crippen LogP contribution in [0.2, 0.25) is 10.0 Å². The third-order valence-electron chi connectivity index (χ3n) is 2.17. The molecule has 2 aromatic carbocycles. The molecule has 92 valence electrons. The van der Waals surface area contributed by atoms with Crippen molar-refractivity contribution in [3.8, 4) is 11.5 Å². The summed E-state index contributed by atoms with van der Waals surface area (Å²) < 4.78 is 5.49. The monoisotopic (exact) mass is 283 g/mol. The normalized spacial score (nSPS) is 10.1. The van der Waals surface area contributed by atoms with E-state index < -0.39 is 4.92 Å². The van der Waals surface area contributed by atoms with Crippen LogP contribution in [0.15, 0.2) is 42.5 Å². The molecule has 2 aromatic rings. The Bertz CT molecular complexity index is 587. The van der Waals surface area contributed by atoms with Gasteiger partial charge in [-0.2, -0.15) is 0 Å². The van der Waals surface area contributed by atoms with E-state index in [-0.39, 0.29) is 21.5 Å². The second kappa shape index (κ2) is 5.25. The standard InChI is InChI=1S/C12H7Cl2NO3/c13-9-7-12(10(14)6-11(9)15(16)17)18-8-4-2-1-3-5-8/h1-7H. The van der Waals surface area contributed by atoms with Crippen LogP contribution in [0.3, 0.4) is 0 Å². The summed E-state index contributed by atoms with van der Waals surface area (Å²) in [6.45, 7) is 0. The zero-order valence-electron chi connectivity index (χ0n) is 8.97. The van der Waals surface area contributed by atoms with Crippen molar-refractivity contribution in [2.75, 3.05) is 0 Å². The van der Waals surface area contributed by atoms with Crippen molar-refractivity contribution >= 4 is 28.9 Å². The maximum atomic E-state index is 10.7. The van der Waals surface area contributed by atoms with E-state index in [9.17, 15) is 10.1 Å². The van der Waals surface area contributed by atoms with Crippen LogP contribution in [-0.4, -0.2) is 4.92 Å². The third-order valence-corrected chi connectivity index (χ3v) is 2.77. The maximum absolute atomic E-state index is 10.7. The summed E-state index contributed by atoms with van der Waals surface area (Å²) >= 11 is 11.7. The minimum absolute atomic E-state index is 0.0182. The Morgan fingerprint density at radius 2 is 1.72 bits per heavy atom. The second-order valence-electron chi connectivity index (χ2n) is 3.41. The molecule has 18 heavy (non-hydrogen) atoms. The van der Waals surface area contributed by atoms with Crippen LogP contribution in [0.1, 0.15) is 0 Å². The lowest BCUT2D eigenvalue weighted by Crippen LogP contribution is -1.91. The highest BCUT2D eigenvalue weighted by atomic mass is 35.5. The van der Waals surface area contributed by atoms with Gasteiger partial charge in [0.2, 0.25) is 0 Å². The Balaban J connectivity index is 2.35. The van der Waals surface area contributed by atoms with Crippen LogP contribution in [0.4, 0.5) is 5.69 Å². The van der Waals surface area contributed by atoms with E-state index in [1.165, 1.54) is 12.1 Å². The Morgan fingerprint density at radius 1 is 1.06 bits per heavy atom. The number of rotatable bonds is 3. The number of benzene rings is 2. The third kappa shape index (κ3) is 2.72. The highest BCUT2D eigenvalue weighted by Gasteiger charge is 2.17. The number of para-hydroxylation sites is 1. The average molecular weight is 284 g/mol. The Labute approximate surface area is 113 Å². The van der Waals surface area contributed by atoms with Crippen LogP contribution < -0.4 is 4.74 Å². The van der Waals surface area contributed by atoms with Crippen LogP contribution in [-0.2, 0) is 0 Å². The van der Waals surface area contributed by atoms with Crippen molar-refractivity contribution in [1.29, 1.82) is 0 Å². The molecule has 0 spiro atoms. The van der Waals surface area contributed by atoms with Gasteiger partial charge < -0.3 is 4.74 Å². The van der Waals surface area contributed by atoms with E-state index in [1.54, 1.807) is 24.3 Å². The van der Waals surface area contributed by atoms with E-state index in [0.29, 0.717) is 5.75 Å². The zero-order chi connectivity index (χ0) is 13.1. The van der Waals surface area contributed by atoms with Gasteiger partial charge in [-0.25, -0.2) is 0 Å². The topological polar surface area (TPSA) is 52.4 Å². The van der Waals surface area contributed by atoms with Crippen molar-refractivity contribution in [2.45, 2.75) is 0 Å². The quantitative estimate of drug-likeness (QED) is 0.606. The minimum atomic E-state index is -0.597. The number of nitro benzene ring substituents is 1. The first-order valence-electron chi connectivity index (χ1n) is 4.94. The number of hydrogen-bond acceptors (Lipinski definition) is 3. The van der Waals surface area contributed by atoms with Gasteiger partial charge in [0, 0.05) is 12.1 Å². The van der Waals surface area contributed by atoms with Crippen molar-refractivity contribution < 1.29 is 9.66 Å².